The van der Waals surface area contributed by atoms with Gasteiger partial charge in [-0.15, -0.1) is 0 Å². The van der Waals surface area contributed by atoms with Gasteiger partial charge in [0.2, 0.25) is 5.91 Å². The van der Waals surface area contributed by atoms with E-state index in [1.807, 2.05) is 24.3 Å². The van der Waals surface area contributed by atoms with Gasteiger partial charge in [0, 0.05) is 48.6 Å². The molecule has 2 amide bonds. The molecule has 0 radical (unpaired) electrons. The number of aromatic carboxylic acids is 1. The molecule has 1 fully saturated rings. The van der Waals surface area contributed by atoms with Crippen LogP contribution >= 0.6 is 0 Å². The molecule has 1 aliphatic carbocycles. The summed E-state index contributed by atoms with van der Waals surface area (Å²) in [5, 5.41) is 23.7. The number of carboxylic acid groups (broad SMARTS) is 1. The number of anilines is 2. The largest absolute Gasteiger partial charge is 0.508 e. The maximum atomic E-state index is 13.6. The molecular formula is C25H24N4O5. The SMILES string of the molecule is O=C(O)c1nn(C2=CC=C(O)C=CC2)c2c1CCN(c1ccc(N3CCCCC3=O)cc1)C2=O. The highest BCUT2D eigenvalue weighted by atomic mass is 16.4. The van der Waals surface area contributed by atoms with Crippen molar-refractivity contribution in [3.05, 3.63) is 71.3 Å². The number of hydrogen-bond acceptors (Lipinski definition) is 5. The molecule has 0 unspecified atom stereocenters. The molecule has 3 heterocycles. The van der Waals surface area contributed by atoms with Crippen LogP contribution in [0.25, 0.3) is 5.70 Å². The van der Waals surface area contributed by atoms with E-state index in [0.29, 0.717) is 49.3 Å². The van der Waals surface area contributed by atoms with E-state index in [9.17, 15) is 24.6 Å². The summed E-state index contributed by atoms with van der Waals surface area (Å²) in [6.45, 7) is 1.01. The molecule has 1 aromatic carbocycles. The van der Waals surface area contributed by atoms with Gasteiger partial charge in [0.1, 0.15) is 11.5 Å². The Kier molecular flexibility index (Phi) is 5.53. The first kappa shape index (κ1) is 21.7. The molecule has 5 rings (SSSR count). The molecule has 9 nitrogen and oxygen atoms in total. The predicted molar refractivity (Wildman–Crippen MR) is 126 cm³/mol. The topological polar surface area (TPSA) is 116 Å². The highest BCUT2D eigenvalue weighted by Gasteiger charge is 2.35. The van der Waals surface area contributed by atoms with Gasteiger partial charge >= 0.3 is 5.97 Å². The van der Waals surface area contributed by atoms with E-state index in [0.717, 1.165) is 18.5 Å². The number of aliphatic hydroxyl groups is 1. The average Bonchev–Trinajstić information content (AvgIpc) is 3.10. The molecule has 1 saturated heterocycles. The zero-order valence-electron chi connectivity index (χ0n) is 18.5. The molecule has 0 saturated carbocycles. The number of carbonyl (C=O) groups excluding carboxylic acids is 2. The lowest BCUT2D eigenvalue weighted by atomic mass is 10.0. The summed E-state index contributed by atoms with van der Waals surface area (Å²) in [5.41, 5.74) is 2.54. The molecule has 0 atom stereocenters. The lowest BCUT2D eigenvalue weighted by Crippen LogP contribution is -2.39. The Morgan fingerprint density at radius 3 is 2.38 bits per heavy atom. The van der Waals surface area contributed by atoms with Gasteiger partial charge in [-0.1, -0.05) is 6.08 Å². The fourth-order valence-corrected chi connectivity index (χ4v) is 4.64. The van der Waals surface area contributed by atoms with Gasteiger partial charge in [0.05, 0.1) is 0 Å². The summed E-state index contributed by atoms with van der Waals surface area (Å²) in [4.78, 5) is 41.1. The molecular weight excluding hydrogens is 436 g/mol. The second kappa shape index (κ2) is 8.66. The average molecular weight is 460 g/mol. The predicted octanol–water partition coefficient (Wildman–Crippen LogP) is 3.54. The molecule has 2 aliphatic heterocycles. The van der Waals surface area contributed by atoms with Crippen molar-refractivity contribution in [1.29, 1.82) is 0 Å². The number of piperidine rings is 1. The first-order chi connectivity index (χ1) is 16.4. The summed E-state index contributed by atoms with van der Waals surface area (Å²) in [6, 6.07) is 7.31. The van der Waals surface area contributed by atoms with Gasteiger partial charge in [-0.05, 0) is 61.8 Å². The quantitative estimate of drug-likeness (QED) is 0.721. The summed E-state index contributed by atoms with van der Waals surface area (Å²) in [6.07, 6.45) is 9.53. The van der Waals surface area contributed by atoms with E-state index in [2.05, 4.69) is 5.10 Å². The Hall–Kier alpha value is -4.14. The smallest absolute Gasteiger partial charge is 0.356 e. The highest BCUT2D eigenvalue weighted by molar-refractivity contribution is 6.09. The fraction of sp³-hybridized carbons (Fsp3) is 0.280. The van der Waals surface area contributed by atoms with E-state index in [1.165, 1.54) is 10.8 Å². The van der Waals surface area contributed by atoms with Crippen LogP contribution in [0, 0.1) is 0 Å². The Bertz CT molecular complexity index is 1270. The summed E-state index contributed by atoms with van der Waals surface area (Å²) < 4.78 is 1.38. The number of hydrogen-bond donors (Lipinski definition) is 2. The van der Waals surface area contributed by atoms with E-state index in [1.54, 1.807) is 28.0 Å². The van der Waals surface area contributed by atoms with Gasteiger partial charge in [-0.25, -0.2) is 9.48 Å². The number of nitrogens with zero attached hydrogens (tertiary/aromatic N) is 4. The van der Waals surface area contributed by atoms with Crippen molar-refractivity contribution in [3.63, 3.8) is 0 Å². The third-order valence-corrected chi connectivity index (χ3v) is 6.35. The number of rotatable bonds is 4. The molecule has 9 heteroatoms. The van der Waals surface area contributed by atoms with E-state index in [4.69, 9.17) is 0 Å². The van der Waals surface area contributed by atoms with Crippen LogP contribution in [0.15, 0.2) is 54.3 Å². The van der Waals surface area contributed by atoms with E-state index < -0.39 is 5.97 Å². The van der Waals surface area contributed by atoms with E-state index in [-0.39, 0.29) is 29.0 Å². The zero-order valence-corrected chi connectivity index (χ0v) is 18.5. The van der Waals surface area contributed by atoms with Gasteiger partial charge < -0.3 is 20.0 Å². The number of amides is 2. The van der Waals surface area contributed by atoms with Gasteiger partial charge in [-0.3, -0.25) is 9.59 Å². The van der Waals surface area contributed by atoms with Crippen molar-refractivity contribution in [2.75, 3.05) is 22.9 Å². The van der Waals surface area contributed by atoms with Crippen molar-refractivity contribution in [3.8, 4) is 0 Å². The van der Waals surface area contributed by atoms with Crippen LogP contribution in [-0.4, -0.2) is 50.9 Å². The molecule has 174 valence electrons. The van der Waals surface area contributed by atoms with Crippen molar-refractivity contribution in [2.24, 2.45) is 0 Å². The third-order valence-electron chi connectivity index (χ3n) is 6.35. The maximum Gasteiger partial charge on any atom is 0.356 e. The summed E-state index contributed by atoms with van der Waals surface area (Å²) >= 11 is 0. The van der Waals surface area contributed by atoms with Crippen molar-refractivity contribution < 1.29 is 24.6 Å². The molecule has 0 spiro atoms. The standard InChI is InChI=1S/C25H24N4O5/c30-19-5-3-4-18(11-12-19)29-23-20(22(26-29)25(33)34)13-15-28(24(23)32)17-9-7-16(8-10-17)27-14-2-1-6-21(27)31/h3,5,7-12,30H,1-2,4,6,13-15H2,(H,33,34). The van der Waals surface area contributed by atoms with Crippen LogP contribution in [0.4, 0.5) is 11.4 Å². The Labute approximate surface area is 195 Å². The zero-order chi connectivity index (χ0) is 23.8. The lowest BCUT2D eigenvalue weighted by Gasteiger charge is -2.30. The number of aromatic nitrogens is 2. The van der Waals surface area contributed by atoms with Crippen LogP contribution in [0.5, 0.6) is 0 Å². The van der Waals surface area contributed by atoms with Crippen LogP contribution in [-0.2, 0) is 11.2 Å². The Morgan fingerprint density at radius 1 is 0.941 bits per heavy atom. The van der Waals surface area contributed by atoms with Gasteiger partial charge in [0.15, 0.2) is 5.69 Å². The van der Waals surface area contributed by atoms with Crippen molar-refractivity contribution in [1.82, 2.24) is 9.78 Å². The number of aliphatic hydroxyl groups excluding tert-OH is 1. The summed E-state index contributed by atoms with van der Waals surface area (Å²) in [7, 11) is 0. The second-order valence-electron chi connectivity index (χ2n) is 8.47. The van der Waals surface area contributed by atoms with Crippen LogP contribution in [0.3, 0.4) is 0 Å². The number of allylic oxidation sites excluding steroid dienone is 5. The third kappa shape index (κ3) is 3.79. The second-order valence-corrected chi connectivity index (χ2v) is 8.47. The molecule has 1 aromatic heterocycles. The Balaban J connectivity index is 1.49. The molecule has 2 aromatic rings. The molecule has 3 aliphatic rings. The first-order valence-corrected chi connectivity index (χ1v) is 11.3. The number of carboxylic acids is 1. The lowest BCUT2D eigenvalue weighted by molar-refractivity contribution is -0.119. The first-order valence-electron chi connectivity index (χ1n) is 11.3. The minimum absolute atomic E-state index is 0.0645. The normalized spacial score (nSPS) is 18.4. The highest BCUT2D eigenvalue weighted by Crippen LogP contribution is 2.31. The number of carbonyl (C=O) groups is 3. The number of fused-ring (bicyclic) bond motifs is 1. The minimum atomic E-state index is -1.19. The monoisotopic (exact) mass is 460 g/mol. The van der Waals surface area contributed by atoms with E-state index >= 15 is 0 Å². The van der Waals surface area contributed by atoms with Crippen LogP contribution in [0.1, 0.15) is 52.2 Å². The van der Waals surface area contributed by atoms with Crippen LogP contribution < -0.4 is 9.80 Å². The van der Waals surface area contributed by atoms with Crippen molar-refractivity contribution >= 4 is 34.9 Å². The van der Waals surface area contributed by atoms with Gasteiger partial charge in [-0.2, -0.15) is 5.10 Å². The fourth-order valence-electron chi connectivity index (χ4n) is 4.64. The molecule has 0 bridgehead atoms. The van der Waals surface area contributed by atoms with Crippen molar-refractivity contribution in [2.45, 2.75) is 32.1 Å². The number of benzene rings is 1. The molecule has 34 heavy (non-hydrogen) atoms. The maximum absolute atomic E-state index is 13.6. The Morgan fingerprint density at radius 2 is 1.68 bits per heavy atom. The summed E-state index contributed by atoms with van der Waals surface area (Å²) in [5.74, 6) is -1.36. The minimum Gasteiger partial charge on any atom is -0.508 e. The molecule has 2 N–H and O–H groups in total. The van der Waals surface area contributed by atoms with Crippen LogP contribution in [0.2, 0.25) is 0 Å². The van der Waals surface area contributed by atoms with Gasteiger partial charge in [0.25, 0.3) is 5.91 Å².